The number of rotatable bonds is 5. The lowest BCUT2D eigenvalue weighted by Crippen LogP contribution is -2.46. The van der Waals surface area contributed by atoms with Gasteiger partial charge in [-0.2, -0.15) is 0 Å². The Balaban J connectivity index is 1.86. The van der Waals surface area contributed by atoms with Crippen LogP contribution in [0.3, 0.4) is 0 Å². The van der Waals surface area contributed by atoms with Gasteiger partial charge in [-0.3, -0.25) is 24.6 Å². The molecule has 1 saturated carbocycles. The van der Waals surface area contributed by atoms with E-state index in [4.69, 9.17) is 0 Å². The number of amides is 3. The molecule has 2 N–H and O–H groups in total. The molecule has 0 bridgehead atoms. The number of carbonyl (C=O) groups is 3. The first-order chi connectivity index (χ1) is 9.49. The molecule has 0 aromatic rings. The van der Waals surface area contributed by atoms with Gasteiger partial charge in [0.05, 0.1) is 19.0 Å². The number of hydrogen-bond donors (Lipinski definition) is 2. The molecule has 0 radical (unpaired) electrons. The van der Waals surface area contributed by atoms with E-state index in [2.05, 4.69) is 10.6 Å². The van der Waals surface area contributed by atoms with Crippen molar-refractivity contribution in [1.82, 2.24) is 15.5 Å². The van der Waals surface area contributed by atoms with Crippen molar-refractivity contribution in [2.45, 2.75) is 64.1 Å². The van der Waals surface area contributed by atoms with E-state index >= 15 is 0 Å². The van der Waals surface area contributed by atoms with Crippen LogP contribution in [0.4, 0.5) is 0 Å². The van der Waals surface area contributed by atoms with Gasteiger partial charge in [-0.25, -0.2) is 0 Å². The molecule has 1 atom stereocenters. The quantitative estimate of drug-likeness (QED) is 0.704. The van der Waals surface area contributed by atoms with Crippen molar-refractivity contribution in [2.75, 3.05) is 6.54 Å². The molecule has 3 amide bonds. The first-order valence-electron chi connectivity index (χ1n) is 7.37. The Morgan fingerprint density at radius 2 is 1.95 bits per heavy atom. The highest BCUT2D eigenvalue weighted by Gasteiger charge is 2.42. The van der Waals surface area contributed by atoms with Gasteiger partial charge in [-0.1, -0.05) is 12.8 Å². The highest BCUT2D eigenvalue weighted by atomic mass is 16.2. The molecule has 20 heavy (non-hydrogen) atoms. The zero-order valence-corrected chi connectivity index (χ0v) is 12.1. The number of hydrogen-bond acceptors (Lipinski definition) is 4. The standard InChI is InChI=1S/C14H23N3O3/c1-9(2)16-12(18)8-15-11-7-13(19)17(14(11)20)10-5-3-4-6-10/h9-11,15H,3-8H2,1-2H3,(H,16,18). The summed E-state index contributed by atoms with van der Waals surface area (Å²) in [6.07, 6.45) is 4.16. The number of carbonyl (C=O) groups excluding carboxylic acids is 3. The van der Waals surface area contributed by atoms with Crippen LogP contribution in [0.1, 0.15) is 46.0 Å². The van der Waals surface area contributed by atoms with Crippen LogP contribution in [-0.4, -0.2) is 47.3 Å². The molecule has 6 nitrogen and oxygen atoms in total. The summed E-state index contributed by atoms with van der Waals surface area (Å²) in [5, 5.41) is 5.64. The summed E-state index contributed by atoms with van der Waals surface area (Å²) in [5.41, 5.74) is 0. The van der Waals surface area contributed by atoms with Crippen LogP contribution in [0.5, 0.6) is 0 Å². The summed E-state index contributed by atoms with van der Waals surface area (Å²) >= 11 is 0. The highest BCUT2D eigenvalue weighted by Crippen LogP contribution is 2.27. The van der Waals surface area contributed by atoms with Crippen LogP contribution in [0.15, 0.2) is 0 Å². The van der Waals surface area contributed by atoms with E-state index in [9.17, 15) is 14.4 Å². The molecule has 0 spiro atoms. The van der Waals surface area contributed by atoms with Crippen molar-refractivity contribution in [3.05, 3.63) is 0 Å². The van der Waals surface area contributed by atoms with Crippen LogP contribution in [0, 0.1) is 0 Å². The molecule has 112 valence electrons. The Morgan fingerprint density at radius 3 is 2.55 bits per heavy atom. The van der Waals surface area contributed by atoms with Crippen LogP contribution in [0.2, 0.25) is 0 Å². The van der Waals surface area contributed by atoms with Gasteiger partial charge in [-0.15, -0.1) is 0 Å². The third-order valence-corrected chi connectivity index (χ3v) is 3.83. The second-order valence-corrected chi connectivity index (χ2v) is 5.90. The predicted octanol–water partition coefficient (Wildman–Crippen LogP) is 0.171. The van der Waals surface area contributed by atoms with Crippen LogP contribution < -0.4 is 10.6 Å². The summed E-state index contributed by atoms with van der Waals surface area (Å²) < 4.78 is 0. The monoisotopic (exact) mass is 281 g/mol. The smallest absolute Gasteiger partial charge is 0.247 e. The van der Waals surface area contributed by atoms with Gasteiger partial charge < -0.3 is 5.32 Å². The molecule has 0 aromatic heterocycles. The molecule has 1 heterocycles. The minimum Gasteiger partial charge on any atom is -0.353 e. The lowest BCUT2D eigenvalue weighted by Gasteiger charge is -2.22. The molecule has 2 fully saturated rings. The SMILES string of the molecule is CC(C)NC(=O)CNC1CC(=O)N(C2CCCC2)C1=O. The Kier molecular flexibility index (Phi) is 4.75. The maximum Gasteiger partial charge on any atom is 0.247 e. The Hall–Kier alpha value is -1.43. The molecular weight excluding hydrogens is 258 g/mol. The molecule has 1 saturated heterocycles. The predicted molar refractivity (Wildman–Crippen MR) is 73.8 cm³/mol. The molecule has 1 unspecified atom stereocenters. The van der Waals surface area contributed by atoms with Crippen molar-refractivity contribution in [1.29, 1.82) is 0 Å². The molecule has 0 aromatic carbocycles. The fourth-order valence-electron chi connectivity index (χ4n) is 2.95. The summed E-state index contributed by atoms with van der Waals surface area (Å²) in [7, 11) is 0. The maximum absolute atomic E-state index is 12.2. The van der Waals surface area contributed by atoms with Crippen molar-refractivity contribution in [2.24, 2.45) is 0 Å². The average Bonchev–Trinajstić information content (AvgIpc) is 2.94. The van der Waals surface area contributed by atoms with E-state index in [0.717, 1.165) is 25.7 Å². The minimum atomic E-state index is -0.541. The third kappa shape index (κ3) is 3.36. The van der Waals surface area contributed by atoms with Gasteiger partial charge in [0.25, 0.3) is 0 Å². The van der Waals surface area contributed by atoms with Gasteiger partial charge in [0, 0.05) is 12.1 Å². The van der Waals surface area contributed by atoms with Gasteiger partial charge in [0.15, 0.2) is 0 Å². The van der Waals surface area contributed by atoms with Crippen molar-refractivity contribution >= 4 is 17.7 Å². The van der Waals surface area contributed by atoms with Crippen LogP contribution in [0.25, 0.3) is 0 Å². The van der Waals surface area contributed by atoms with E-state index in [-0.39, 0.29) is 42.8 Å². The fourth-order valence-corrected chi connectivity index (χ4v) is 2.95. The fraction of sp³-hybridized carbons (Fsp3) is 0.786. The molecular formula is C14H23N3O3. The van der Waals surface area contributed by atoms with Crippen molar-refractivity contribution in [3.8, 4) is 0 Å². The summed E-state index contributed by atoms with van der Waals surface area (Å²) in [6, 6.07) is -0.396. The number of likely N-dealkylation sites (tertiary alicyclic amines) is 1. The second-order valence-electron chi connectivity index (χ2n) is 5.90. The largest absolute Gasteiger partial charge is 0.353 e. The lowest BCUT2D eigenvalue weighted by molar-refractivity contribution is -0.141. The van der Waals surface area contributed by atoms with Gasteiger partial charge in [-0.05, 0) is 26.7 Å². The Bertz CT molecular complexity index is 402. The first kappa shape index (κ1) is 15.0. The van der Waals surface area contributed by atoms with Gasteiger partial charge in [0.2, 0.25) is 17.7 Å². The summed E-state index contributed by atoms with van der Waals surface area (Å²) in [4.78, 5) is 37.2. The molecule has 1 aliphatic heterocycles. The Morgan fingerprint density at radius 1 is 1.30 bits per heavy atom. The topological polar surface area (TPSA) is 78.5 Å². The average molecular weight is 281 g/mol. The van der Waals surface area contributed by atoms with Crippen molar-refractivity contribution in [3.63, 3.8) is 0 Å². The lowest BCUT2D eigenvalue weighted by atomic mass is 10.2. The summed E-state index contributed by atoms with van der Waals surface area (Å²) in [6.45, 7) is 3.83. The van der Waals surface area contributed by atoms with E-state index < -0.39 is 6.04 Å². The Labute approximate surface area is 119 Å². The van der Waals surface area contributed by atoms with Crippen molar-refractivity contribution < 1.29 is 14.4 Å². The molecule has 1 aliphatic carbocycles. The minimum absolute atomic E-state index is 0.0696. The highest BCUT2D eigenvalue weighted by molar-refractivity contribution is 6.06. The zero-order chi connectivity index (χ0) is 14.7. The third-order valence-electron chi connectivity index (χ3n) is 3.83. The number of imide groups is 1. The second kappa shape index (κ2) is 6.35. The number of nitrogens with one attached hydrogen (secondary N) is 2. The summed E-state index contributed by atoms with van der Waals surface area (Å²) in [5.74, 6) is -0.428. The van der Waals surface area contributed by atoms with Gasteiger partial charge >= 0.3 is 0 Å². The molecule has 2 rings (SSSR count). The van der Waals surface area contributed by atoms with E-state index in [0.29, 0.717) is 0 Å². The first-order valence-corrected chi connectivity index (χ1v) is 7.37. The maximum atomic E-state index is 12.2. The van der Waals surface area contributed by atoms with Crippen LogP contribution in [-0.2, 0) is 14.4 Å². The van der Waals surface area contributed by atoms with E-state index in [1.807, 2.05) is 13.8 Å². The van der Waals surface area contributed by atoms with Crippen LogP contribution >= 0.6 is 0 Å². The molecule has 6 heteroatoms. The van der Waals surface area contributed by atoms with Gasteiger partial charge in [0.1, 0.15) is 0 Å². The number of nitrogens with zero attached hydrogens (tertiary/aromatic N) is 1. The molecule has 2 aliphatic rings. The van der Waals surface area contributed by atoms with E-state index in [1.54, 1.807) is 0 Å². The van der Waals surface area contributed by atoms with E-state index in [1.165, 1.54) is 4.90 Å². The normalized spacial score (nSPS) is 23.9. The zero-order valence-electron chi connectivity index (χ0n) is 12.1.